The number of ketones is 1. The summed E-state index contributed by atoms with van der Waals surface area (Å²) in [5.41, 5.74) is 1.10. The maximum Gasteiger partial charge on any atom is 0.337 e. The Morgan fingerprint density at radius 2 is 1.76 bits per heavy atom. The van der Waals surface area contributed by atoms with Gasteiger partial charge >= 0.3 is 11.9 Å². The third kappa shape index (κ3) is 8.25. The first-order valence-electron chi connectivity index (χ1n) is 13.4. The van der Waals surface area contributed by atoms with Gasteiger partial charge < -0.3 is 29.5 Å². The molecule has 11 nitrogen and oxygen atoms in total. The molecule has 3 rings (SSSR count). The van der Waals surface area contributed by atoms with Gasteiger partial charge in [0.15, 0.2) is 5.78 Å². The van der Waals surface area contributed by atoms with Crippen molar-refractivity contribution in [3.8, 4) is 11.5 Å². The molecule has 0 bridgehead atoms. The number of nitrogens with zero attached hydrogens (tertiary/aromatic N) is 1. The van der Waals surface area contributed by atoms with E-state index in [-0.39, 0.29) is 47.6 Å². The van der Waals surface area contributed by atoms with E-state index < -0.39 is 29.4 Å². The Morgan fingerprint density at radius 1 is 1.07 bits per heavy atom. The fraction of sp³-hybridized carbons (Fsp3) is 0.433. The van der Waals surface area contributed by atoms with Crippen LogP contribution in [0, 0.1) is 12.3 Å². The van der Waals surface area contributed by atoms with Gasteiger partial charge in [0, 0.05) is 23.3 Å². The Hall–Kier alpha value is -4.06. The quantitative estimate of drug-likeness (QED) is 0.231. The second kappa shape index (κ2) is 14.2. The molecule has 2 amide bonds. The Bertz CT molecular complexity index is 1360. The average molecular weight is 601 g/mol. The van der Waals surface area contributed by atoms with Crippen LogP contribution >= 0.6 is 11.8 Å². The second-order valence-corrected chi connectivity index (χ2v) is 11.2. The molecule has 1 unspecified atom stereocenters. The predicted octanol–water partition coefficient (Wildman–Crippen LogP) is 4.70. The predicted molar refractivity (Wildman–Crippen MR) is 157 cm³/mol. The van der Waals surface area contributed by atoms with E-state index >= 15 is 0 Å². The molecule has 2 N–H and O–H groups in total. The van der Waals surface area contributed by atoms with Crippen molar-refractivity contribution in [2.24, 2.45) is 5.41 Å². The Kier molecular flexibility index (Phi) is 11.0. The van der Waals surface area contributed by atoms with Gasteiger partial charge in [-0.05, 0) is 62.6 Å². The first kappa shape index (κ1) is 32.5. The fourth-order valence-electron chi connectivity index (χ4n) is 4.11. The zero-order valence-electron chi connectivity index (χ0n) is 24.4. The van der Waals surface area contributed by atoms with Crippen molar-refractivity contribution >= 4 is 46.3 Å². The van der Waals surface area contributed by atoms with Gasteiger partial charge in [-0.25, -0.2) is 4.79 Å². The average Bonchev–Trinajstić information content (AvgIpc) is 3.72. The van der Waals surface area contributed by atoms with Gasteiger partial charge in [0.1, 0.15) is 11.5 Å². The van der Waals surface area contributed by atoms with Crippen molar-refractivity contribution in [1.29, 1.82) is 0 Å². The Labute approximate surface area is 248 Å². The summed E-state index contributed by atoms with van der Waals surface area (Å²) in [5.74, 6) is -2.06. The monoisotopic (exact) mass is 600 g/mol. The standard InChI is InChI=1S/C30H36N2O9S/c1-6-32(29(38)42-14-11-24(33)34)17-20-16-19(28(37)40-5)8-10-22(20)41-25(26(35)30(3)12-13-30)27(36)31-21-15-18(2)7-9-23(21)39-4/h7-10,15-16,25H,6,11-14,17H2,1-5H3,(H,31,36)(H,33,34). The van der Waals surface area contributed by atoms with Crippen LogP contribution in [-0.2, 0) is 25.7 Å². The van der Waals surface area contributed by atoms with E-state index in [9.17, 15) is 24.0 Å². The molecule has 226 valence electrons. The minimum absolute atomic E-state index is 0.0267. The third-order valence-corrected chi connectivity index (χ3v) is 7.87. The summed E-state index contributed by atoms with van der Waals surface area (Å²) in [4.78, 5) is 64.7. The molecule has 0 radical (unpaired) electrons. The highest BCUT2D eigenvalue weighted by atomic mass is 32.2. The van der Waals surface area contributed by atoms with E-state index in [4.69, 9.17) is 19.3 Å². The number of carbonyl (C=O) groups excluding carboxylic acids is 4. The number of nitrogens with one attached hydrogen (secondary N) is 1. The van der Waals surface area contributed by atoms with Crippen molar-refractivity contribution < 1.29 is 43.3 Å². The summed E-state index contributed by atoms with van der Waals surface area (Å²) in [5, 5.41) is 11.3. The molecular weight excluding hydrogens is 564 g/mol. The topological polar surface area (TPSA) is 149 Å². The number of ether oxygens (including phenoxy) is 3. The van der Waals surface area contributed by atoms with Crippen LogP contribution in [0.5, 0.6) is 11.5 Å². The lowest BCUT2D eigenvalue weighted by molar-refractivity contribution is -0.138. The molecule has 2 aromatic rings. The number of hydrogen-bond acceptors (Lipinski definition) is 9. The number of aliphatic carboxylic acids is 1. The summed E-state index contributed by atoms with van der Waals surface area (Å²) in [6.45, 7) is 5.63. The molecule has 0 aromatic heterocycles. The van der Waals surface area contributed by atoms with Gasteiger partial charge in [-0.2, -0.15) is 0 Å². The number of Topliss-reactive ketones (excluding diaryl/α,β-unsaturated/α-hetero) is 1. The van der Waals surface area contributed by atoms with Gasteiger partial charge in [0.2, 0.25) is 6.10 Å². The van der Waals surface area contributed by atoms with E-state index in [1.54, 1.807) is 26.0 Å². The molecule has 0 heterocycles. The normalized spacial score (nSPS) is 13.8. The number of thioether (sulfide) groups is 1. The fourth-order valence-corrected chi connectivity index (χ4v) is 4.94. The number of aryl methyl sites for hydroxylation is 1. The van der Waals surface area contributed by atoms with Crippen LogP contribution in [0.15, 0.2) is 36.4 Å². The molecule has 42 heavy (non-hydrogen) atoms. The molecule has 1 aliphatic carbocycles. The molecule has 12 heteroatoms. The summed E-state index contributed by atoms with van der Waals surface area (Å²) < 4.78 is 16.4. The lowest BCUT2D eigenvalue weighted by atomic mass is 9.98. The first-order chi connectivity index (χ1) is 19.9. The van der Waals surface area contributed by atoms with Crippen molar-refractivity contribution in [3.63, 3.8) is 0 Å². The second-order valence-electron chi connectivity index (χ2n) is 10.2. The summed E-state index contributed by atoms with van der Waals surface area (Å²) >= 11 is 0.862. The van der Waals surface area contributed by atoms with E-state index in [0.717, 1.165) is 17.3 Å². The number of carbonyl (C=O) groups is 5. The van der Waals surface area contributed by atoms with Gasteiger partial charge in [0.25, 0.3) is 11.1 Å². The van der Waals surface area contributed by atoms with E-state index in [0.29, 0.717) is 29.8 Å². The Balaban J connectivity index is 1.96. The number of amides is 2. The molecule has 0 saturated heterocycles. The third-order valence-electron chi connectivity index (χ3n) is 6.95. The highest BCUT2D eigenvalue weighted by molar-refractivity contribution is 8.13. The molecule has 0 spiro atoms. The number of hydrogen-bond donors (Lipinski definition) is 2. The highest BCUT2D eigenvalue weighted by Gasteiger charge is 2.50. The van der Waals surface area contributed by atoms with Crippen LogP contribution in [0.2, 0.25) is 0 Å². The molecule has 1 atom stereocenters. The van der Waals surface area contributed by atoms with Gasteiger partial charge in [-0.15, -0.1) is 0 Å². The molecule has 0 aliphatic heterocycles. The van der Waals surface area contributed by atoms with Gasteiger partial charge in [-0.3, -0.25) is 19.2 Å². The van der Waals surface area contributed by atoms with Crippen LogP contribution in [-0.4, -0.2) is 71.5 Å². The summed E-state index contributed by atoms with van der Waals surface area (Å²) in [7, 11) is 2.71. The number of methoxy groups -OCH3 is 2. The number of anilines is 1. The van der Waals surface area contributed by atoms with Crippen molar-refractivity contribution in [3.05, 3.63) is 53.1 Å². The number of benzene rings is 2. The number of esters is 1. The minimum atomic E-state index is -1.53. The number of carboxylic acids is 1. The van der Waals surface area contributed by atoms with Crippen molar-refractivity contribution in [2.75, 3.05) is 31.8 Å². The summed E-state index contributed by atoms with van der Waals surface area (Å²) in [6, 6.07) is 9.66. The largest absolute Gasteiger partial charge is 0.495 e. The van der Waals surface area contributed by atoms with E-state index in [2.05, 4.69) is 5.32 Å². The molecule has 1 saturated carbocycles. The van der Waals surface area contributed by atoms with Gasteiger partial charge in [-0.1, -0.05) is 24.8 Å². The van der Waals surface area contributed by atoms with Crippen LogP contribution in [0.1, 0.15) is 54.6 Å². The van der Waals surface area contributed by atoms with Crippen LogP contribution < -0.4 is 14.8 Å². The molecule has 1 aliphatic rings. The highest BCUT2D eigenvalue weighted by Crippen LogP contribution is 2.47. The Morgan fingerprint density at radius 3 is 2.36 bits per heavy atom. The maximum absolute atomic E-state index is 13.6. The molecular formula is C30H36N2O9S. The molecule has 2 aromatic carbocycles. The lowest BCUT2D eigenvalue weighted by Gasteiger charge is -2.25. The first-order valence-corrected chi connectivity index (χ1v) is 14.4. The lowest BCUT2D eigenvalue weighted by Crippen LogP contribution is -2.43. The van der Waals surface area contributed by atoms with Crippen molar-refractivity contribution in [1.82, 2.24) is 4.90 Å². The molecule has 1 fully saturated rings. The maximum atomic E-state index is 13.6. The van der Waals surface area contributed by atoms with Crippen LogP contribution in [0.4, 0.5) is 10.5 Å². The number of rotatable bonds is 14. The van der Waals surface area contributed by atoms with Crippen molar-refractivity contribution in [2.45, 2.75) is 52.7 Å². The van der Waals surface area contributed by atoms with Crippen LogP contribution in [0.25, 0.3) is 0 Å². The van der Waals surface area contributed by atoms with E-state index in [1.807, 2.05) is 13.0 Å². The van der Waals surface area contributed by atoms with Crippen LogP contribution in [0.3, 0.4) is 0 Å². The summed E-state index contributed by atoms with van der Waals surface area (Å²) in [6.07, 6.45) is -0.469. The smallest absolute Gasteiger partial charge is 0.337 e. The minimum Gasteiger partial charge on any atom is -0.495 e. The van der Waals surface area contributed by atoms with Gasteiger partial charge in [0.05, 0.1) is 38.4 Å². The number of carboxylic acid groups (broad SMARTS) is 1. The zero-order valence-corrected chi connectivity index (χ0v) is 25.2. The zero-order chi connectivity index (χ0) is 31.0. The SMILES string of the molecule is CCN(Cc1cc(C(=O)OC)ccc1OC(C(=O)Nc1cc(C)ccc1OC)C(=O)C1(C)CC1)C(=O)SCCC(=O)O. The van der Waals surface area contributed by atoms with E-state index in [1.165, 1.54) is 37.3 Å².